The quantitative estimate of drug-likeness (QED) is 0.561. The molecule has 1 aromatic heterocycles. The topological polar surface area (TPSA) is 74.7 Å². The molecular weight excluding hydrogens is 330 g/mol. The number of para-hydroxylation sites is 1. The molecule has 0 fully saturated rings. The summed E-state index contributed by atoms with van der Waals surface area (Å²) in [5.41, 5.74) is 7.87. The third-order valence-electron chi connectivity index (χ3n) is 4.91. The van der Waals surface area contributed by atoms with E-state index >= 15 is 0 Å². The van der Waals surface area contributed by atoms with Crippen molar-refractivity contribution in [1.29, 1.82) is 0 Å². The largest absolute Gasteiger partial charge is 0.491 e. The van der Waals surface area contributed by atoms with E-state index in [0.29, 0.717) is 35.9 Å². The number of ketones is 1. The lowest BCUT2D eigenvalue weighted by Gasteiger charge is -2.30. The smallest absolute Gasteiger partial charge is 0.197 e. The van der Waals surface area contributed by atoms with E-state index in [2.05, 4.69) is 13.8 Å². The van der Waals surface area contributed by atoms with Crippen molar-refractivity contribution in [2.24, 2.45) is 5.73 Å². The molecule has 0 amide bonds. The van der Waals surface area contributed by atoms with Crippen LogP contribution in [0.4, 0.5) is 0 Å². The van der Waals surface area contributed by atoms with E-state index in [9.17, 15) is 4.79 Å². The Bertz CT molecular complexity index is 987. The monoisotopic (exact) mass is 351 g/mol. The summed E-state index contributed by atoms with van der Waals surface area (Å²) in [6.45, 7) is 5.13. The maximum absolute atomic E-state index is 13.1. The van der Waals surface area contributed by atoms with E-state index in [4.69, 9.17) is 19.6 Å². The van der Waals surface area contributed by atoms with Crippen LogP contribution in [0.15, 0.2) is 46.9 Å². The maximum Gasteiger partial charge on any atom is 0.197 e. The first-order valence-corrected chi connectivity index (χ1v) is 8.66. The van der Waals surface area contributed by atoms with Gasteiger partial charge in [-0.05, 0) is 43.7 Å². The van der Waals surface area contributed by atoms with Gasteiger partial charge in [0.05, 0.1) is 18.9 Å². The van der Waals surface area contributed by atoms with E-state index in [1.54, 1.807) is 0 Å². The van der Waals surface area contributed by atoms with Gasteiger partial charge in [0.2, 0.25) is 0 Å². The Kier molecular flexibility index (Phi) is 4.05. The summed E-state index contributed by atoms with van der Waals surface area (Å²) < 4.78 is 16.9. The van der Waals surface area contributed by atoms with E-state index in [1.165, 1.54) is 0 Å². The van der Waals surface area contributed by atoms with Crippen LogP contribution in [0.3, 0.4) is 0 Å². The van der Waals surface area contributed by atoms with Gasteiger partial charge in [0, 0.05) is 16.4 Å². The molecule has 26 heavy (non-hydrogen) atoms. The van der Waals surface area contributed by atoms with Gasteiger partial charge in [0.1, 0.15) is 23.7 Å². The molecule has 3 aromatic rings. The zero-order chi connectivity index (χ0) is 18.3. The highest BCUT2D eigenvalue weighted by molar-refractivity contribution is 6.19. The highest BCUT2D eigenvalue weighted by atomic mass is 16.5. The van der Waals surface area contributed by atoms with Crippen LogP contribution in [0.2, 0.25) is 0 Å². The van der Waals surface area contributed by atoms with Crippen molar-refractivity contribution in [3.63, 3.8) is 0 Å². The molecule has 2 N–H and O–H groups in total. The fourth-order valence-electron chi connectivity index (χ4n) is 3.60. The van der Waals surface area contributed by atoms with Gasteiger partial charge in [-0.25, -0.2) is 0 Å². The lowest BCUT2D eigenvalue weighted by Crippen LogP contribution is -2.29. The van der Waals surface area contributed by atoms with Crippen LogP contribution >= 0.6 is 0 Å². The number of nitrogens with two attached hydrogens (primary N) is 1. The normalized spacial score (nSPS) is 15.0. The molecule has 0 saturated heterocycles. The minimum absolute atomic E-state index is 0.00251. The van der Waals surface area contributed by atoms with Gasteiger partial charge < -0.3 is 19.6 Å². The first kappa shape index (κ1) is 16.8. The zero-order valence-electron chi connectivity index (χ0n) is 14.9. The van der Waals surface area contributed by atoms with E-state index in [1.807, 2.05) is 42.5 Å². The number of benzene rings is 2. The first-order valence-electron chi connectivity index (χ1n) is 8.66. The van der Waals surface area contributed by atoms with Crippen molar-refractivity contribution in [3.05, 3.63) is 64.9 Å². The standard InChI is InChI=1S/C21H21NO4/c1-21(2)16-11-13(25-10-9-24-12-22)7-8-14(16)19(23)18-15-5-3-4-6-17(15)26-20(18)21/h3-8,11H,9-10,12,22H2,1-2H3. The summed E-state index contributed by atoms with van der Waals surface area (Å²) >= 11 is 0. The molecule has 0 saturated carbocycles. The molecule has 0 aliphatic heterocycles. The van der Waals surface area contributed by atoms with Crippen LogP contribution in [-0.2, 0) is 10.2 Å². The van der Waals surface area contributed by atoms with E-state index < -0.39 is 5.41 Å². The summed E-state index contributed by atoms with van der Waals surface area (Å²) in [6.07, 6.45) is 0. The first-order chi connectivity index (χ1) is 12.5. The van der Waals surface area contributed by atoms with Gasteiger partial charge in [0.25, 0.3) is 0 Å². The fourth-order valence-corrected chi connectivity index (χ4v) is 3.60. The lowest BCUT2D eigenvalue weighted by atomic mass is 9.72. The molecule has 5 nitrogen and oxygen atoms in total. The van der Waals surface area contributed by atoms with Crippen LogP contribution in [0.1, 0.15) is 41.1 Å². The van der Waals surface area contributed by atoms with Crippen LogP contribution in [0.25, 0.3) is 11.0 Å². The van der Waals surface area contributed by atoms with Gasteiger partial charge in [-0.3, -0.25) is 4.79 Å². The number of rotatable bonds is 5. The number of carbonyl (C=O) groups is 1. The molecule has 0 atom stereocenters. The predicted octanol–water partition coefficient (Wildman–Crippen LogP) is 3.61. The molecule has 1 aliphatic carbocycles. The lowest BCUT2D eigenvalue weighted by molar-refractivity contribution is 0.102. The van der Waals surface area contributed by atoms with Crippen LogP contribution in [0.5, 0.6) is 5.75 Å². The molecule has 1 aliphatic rings. The number of carbonyl (C=O) groups excluding carboxylic acids is 1. The van der Waals surface area contributed by atoms with Gasteiger partial charge in [0.15, 0.2) is 5.78 Å². The van der Waals surface area contributed by atoms with Gasteiger partial charge >= 0.3 is 0 Å². The second-order valence-electron chi connectivity index (χ2n) is 6.89. The maximum atomic E-state index is 13.1. The third kappa shape index (κ3) is 2.52. The van der Waals surface area contributed by atoms with Crippen LogP contribution in [-0.4, -0.2) is 25.7 Å². The van der Waals surface area contributed by atoms with Crippen LogP contribution < -0.4 is 10.5 Å². The van der Waals surface area contributed by atoms with E-state index in [0.717, 1.165) is 16.5 Å². The second kappa shape index (κ2) is 6.27. The van der Waals surface area contributed by atoms with Crippen molar-refractivity contribution >= 4 is 16.8 Å². The minimum Gasteiger partial charge on any atom is -0.491 e. The predicted molar refractivity (Wildman–Crippen MR) is 98.7 cm³/mol. The molecule has 5 heteroatoms. The highest BCUT2D eigenvalue weighted by Crippen LogP contribution is 2.46. The molecule has 0 radical (unpaired) electrons. The Morgan fingerprint density at radius 1 is 1.12 bits per heavy atom. The second-order valence-corrected chi connectivity index (χ2v) is 6.89. The molecule has 2 aromatic carbocycles. The Labute approximate surface area is 151 Å². The average molecular weight is 351 g/mol. The molecule has 134 valence electrons. The zero-order valence-corrected chi connectivity index (χ0v) is 14.9. The number of furan rings is 1. The fraction of sp³-hybridized carbons (Fsp3) is 0.286. The van der Waals surface area contributed by atoms with Crippen molar-refractivity contribution in [2.45, 2.75) is 19.3 Å². The highest BCUT2D eigenvalue weighted by Gasteiger charge is 2.41. The number of fused-ring (bicyclic) bond motifs is 4. The van der Waals surface area contributed by atoms with Crippen LogP contribution in [0, 0.1) is 0 Å². The summed E-state index contributed by atoms with van der Waals surface area (Å²) in [6, 6.07) is 13.3. The SMILES string of the molecule is CC1(C)c2cc(OCCOCN)ccc2C(=O)c2c1oc1ccccc21. The Balaban J connectivity index is 1.77. The summed E-state index contributed by atoms with van der Waals surface area (Å²) in [7, 11) is 0. The van der Waals surface area contributed by atoms with E-state index in [-0.39, 0.29) is 12.5 Å². The number of hydrogen-bond donors (Lipinski definition) is 1. The average Bonchev–Trinajstić information content (AvgIpc) is 3.04. The van der Waals surface area contributed by atoms with Crippen molar-refractivity contribution in [2.75, 3.05) is 19.9 Å². The van der Waals surface area contributed by atoms with Crippen molar-refractivity contribution in [1.82, 2.24) is 0 Å². The molecule has 0 unspecified atom stereocenters. The minimum atomic E-state index is -0.440. The Morgan fingerprint density at radius 2 is 1.92 bits per heavy atom. The van der Waals surface area contributed by atoms with Gasteiger partial charge in [-0.15, -0.1) is 0 Å². The summed E-state index contributed by atoms with van der Waals surface area (Å²) in [5, 5.41) is 0.866. The summed E-state index contributed by atoms with van der Waals surface area (Å²) in [5.74, 6) is 1.40. The number of hydrogen-bond acceptors (Lipinski definition) is 5. The third-order valence-corrected chi connectivity index (χ3v) is 4.91. The van der Waals surface area contributed by atoms with Crippen molar-refractivity contribution in [3.8, 4) is 5.75 Å². The van der Waals surface area contributed by atoms with Gasteiger partial charge in [-0.1, -0.05) is 18.2 Å². The molecule has 0 bridgehead atoms. The molecule has 4 rings (SSSR count). The Hall–Kier alpha value is -2.63. The Morgan fingerprint density at radius 3 is 2.73 bits per heavy atom. The molecule has 0 spiro atoms. The molecular formula is C21H21NO4. The molecule has 1 heterocycles. The summed E-state index contributed by atoms with van der Waals surface area (Å²) in [4.78, 5) is 13.1. The van der Waals surface area contributed by atoms with Crippen molar-refractivity contribution < 1.29 is 18.7 Å². The van der Waals surface area contributed by atoms with Gasteiger partial charge in [-0.2, -0.15) is 0 Å². The number of ether oxygens (including phenoxy) is 2.